The Labute approximate surface area is 142 Å². The molecule has 0 aliphatic heterocycles. The third-order valence-corrected chi connectivity index (χ3v) is 4.13. The van der Waals surface area contributed by atoms with E-state index in [1.165, 1.54) is 0 Å². The van der Waals surface area contributed by atoms with Gasteiger partial charge in [-0.25, -0.2) is 4.98 Å². The van der Waals surface area contributed by atoms with Gasteiger partial charge in [0.1, 0.15) is 11.8 Å². The fraction of sp³-hybridized carbons (Fsp3) is 0.111. The van der Waals surface area contributed by atoms with Crippen LogP contribution in [0.3, 0.4) is 0 Å². The molecule has 0 saturated heterocycles. The van der Waals surface area contributed by atoms with Gasteiger partial charge in [0, 0.05) is 17.1 Å². The first-order valence-corrected chi connectivity index (χ1v) is 7.80. The van der Waals surface area contributed by atoms with Crippen molar-refractivity contribution in [2.45, 2.75) is 0 Å². The number of halogens is 1. The zero-order valence-corrected chi connectivity index (χ0v) is 14.3. The predicted molar refractivity (Wildman–Crippen MR) is 94.9 cm³/mol. The number of methoxy groups -OCH3 is 1. The fourth-order valence-corrected chi connectivity index (χ4v) is 2.89. The van der Waals surface area contributed by atoms with Gasteiger partial charge >= 0.3 is 0 Å². The van der Waals surface area contributed by atoms with E-state index in [-0.39, 0.29) is 0 Å². The number of allylic oxidation sites excluding steroid dienone is 1. The van der Waals surface area contributed by atoms with Gasteiger partial charge in [-0.3, -0.25) is 0 Å². The van der Waals surface area contributed by atoms with Crippen LogP contribution in [0, 0.1) is 11.3 Å². The number of nitrogens with zero attached hydrogens (tertiary/aromatic N) is 3. The normalized spacial score (nSPS) is 11.5. The van der Waals surface area contributed by atoms with Gasteiger partial charge in [0.25, 0.3) is 0 Å². The summed E-state index contributed by atoms with van der Waals surface area (Å²) in [7, 11) is 3.52. The van der Waals surface area contributed by atoms with E-state index in [0.717, 1.165) is 21.1 Å². The lowest BCUT2D eigenvalue weighted by Crippen LogP contribution is -1.96. The number of para-hydroxylation sites is 2. The van der Waals surface area contributed by atoms with Gasteiger partial charge in [0.2, 0.25) is 0 Å². The van der Waals surface area contributed by atoms with E-state index in [2.05, 4.69) is 27.0 Å². The van der Waals surface area contributed by atoms with Gasteiger partial charge in [0.15, 0.2) is 5.82 Å². The van der Waals surface area contributed by atoms with Crippen LogP contribution < -0.4 is 4.74 Å². The third kappa shape index (κ3) is 2.86. The van der Waals surface area contributed by atoms with Crippen molar-refractivity contribution in [3.63, 3.8) is 0 Å². The molecule has 1 heterocycles. The Kier molecular flexibility index (Phi) is 4.18. The number of hydrogen-bond donors (Lipinski definition) is 0. The molecule has 0 fully saturated rings. The summed E-state index contributed by atoms with van der Waals surface area (Å²) in [4.78, 5) is 4.58. The van der Waals surface area contributed by atoms with Crippen LogP contribution >= 0.6 is 15.9 Å². The zero-order chi connectivity index (χ0) is 16.4. The minimum Gasteiger partial charge on any atom is -0.496 e. The van der Waals surface area contributed by atoms with Crippen LogP contribution in [0.15, 0.2) is 46.9 Å². The summed E-state index contributed by atoms with van der Waals surface area (Å²) in [6.07, 6.45) is 1.80. The van der Waals surface area contributed by atoms with E-state index in [1.807, 2.05) is 54.1 Å². The number of fused-ring (bicyclic) bond motifs is 1. The average Bonchev–Trinajstić information content (AvgIpc) is 2.90. The molecular weight excluding hydrogens is 354 g/mol. The lowest BCUT2D eigenvalue weighted by atomic mass is 10.1. The van der Waals surface area contributed by atoms with E-state index >= 15 is 0 Å². The van der Waals surface area contributed by atoms with Crippen molar-refractivity contribution >= 4 is 38.6 Å². The van der Waals surface area contributed by atoms with Crippen molar-refractivity contribution in [3.05, 3.63) is 58.3 Å². The average molecular weight is 368 g/mol. The summed E-state index contributed by atoms with van der Waals surface area (Å²) in [6.45, 7) is 0. The summed E-state index contributed by atoms with van der Waals surface area (Å²) in [5.41, 5.74) is 3.17. The Morgan fingerprint density at radius 1 is 1.30 bits per heavy atom. The molecule has 0 amide bonds. The molecule has 23 heavy (non-hydrogen) atoms. The van der Waals surface area contributed by atoms with Crippen molar-refractivity contribution in [1.82, 2.24) is 9.55 Å². The second-order valence-electron chi connectivity index (χ2n) is 5.04. The van der Waals surface area contributed by atoms with Crippen LogP contribution in [0.4, 0.5) is 0 Å². The van der Waals surface area contributed by atoms with Crippen molar-refractivity contribution < 1.29 is 4.74 Å². The van der Waals surface area contributed by atoms with Crippen LogP contribution in [0.25, 0.3) is 22.7 Å². The van der Waals surface area contributed by atoms with Gasteiger partial charge in [-0.15, -0.1) is 0 Å². The SMILES string of the molecule is COc1ccc(Br)cc1/C=C(/C#N)c1nc2ccccc2n1C. The summed E-state index contributed by atoms with van der Waals surface area (Å²) in [6, 6.07) is 15.7. The second-order valence-corrected chi connectivity index (χ2v) is 5.95. The maximum atomic E-state index is 9.60. The first kappa shape index (κ1) is 15.3. The van der Waals surface area contributed by atoms with Crippen LogP contribution in [0.5, 0.6) is 5.75 Å². The van der Waals surface area contributed by atoms with E-state index < -0.39 is 0 Å². The van der Waals surface area contributed by atoms with E-state index in [0.29, 0.717) is 17.1 Å². The van der Waals surface area contributed by atoms with E-state index in [1.54, 1.807) is 13.2 Å². The first-order chi connectivity index (χ1) is 11.1. The summed E-state index contributed by atoms with van der Waals surface area (Å²) < 4.78 is 8.22. The molecule has 0 saturated carbocycles. The minimum atomic E-state index is 0.486. The molecule has 0 spiro atoms. The standard InChI is InChI=1S/C18H14BrN3O/c1-22-16-6-4-3-5-15(16)21-18(22)13(11-20)9-12-10-14(19)7-8-17(12)23-2/h3-10H,1-2H3/b13-9-. The number of hydrogen-bond acceptors (Lipinski definition) is 3. The Bertz CT molecular complexity index is 951. The highest BCUT2D eigenvalue weighted by Crippen LogP contribution is 2.28. The van der Waals surface area contributed by atoms with Gasteiger partial charge < -0.3 is 9.30 Å². The summed E-state index contributed by atoms with van der Waals surface area (Å²) >= 11 is 3.45. The van der Waals surface area contributed by atoms with Crippen LogP contribution in [0.2, 0.25) is 0 Å². The molecule has 3 rings (SSSR count). The molecule has 4 nitrogen and oxygen atoms in total. The molecule has 2 aromatic carbocycles. The monoisotopic (exact) mass is 367 g/mol. The smallest absolute Gasteiger partial charge is 0.151 e. The van der Waals surface area contributed by atoms with Crippen molar-refractivity contribution in [2.75, 3.05) is 7.11 Å². The quantitative estimate of drug-likeness (QED) is 0.644. The number of aromatic nitrogens is 2. The number of benzene rings is 2. The molecule has 0 aliphatic rings. The topological polar surface area (TPSA) is 50.8 Å². The molecule has 5 heteroatoms. The highest BCUT2D eigenvalue weighted by atomic mass is 79.9. The fourth-order valence-electron chi connectivity index (χ4n) is 2.51. The van der Waals surface area contributed by atoms with E-state index in [4.69, 9.17) is 4.74 Å². The largest absolute Gasteiger partial charge is 0.496 e. The molecule has 0 atom stereocenters. The highest BCUT2D eigenvalue weighted by molar-refractivity contribution is 9.10. The molecule has 0 aliphatic carbocycles. The number of ether oxygens (including phenoxy) is 1. The number of aryl methyl sites for hydroxylation is 1. The lowest BCUT2D eigenvalue weighted by molar-refractivity contribution is 0.414. The molecule has 0 unspecified atom stereocenters. The Hall–Kier alpha value is -2.58. The predicted octanol–water partition coefficient (Wildman–Crippen LogP) is 4.41. The molecule has 0 N–H and O–H groups in total. The zero-order valence-electron chi connectivity index (χ0n) is 12.7. The van der Waals surface area contributed by atoms with Crippen LogP contribution in [-0.4, -0.2) is 16.7 Å². The molecule has 114 valence electrons. The molecule has 0 radical (unpaired) electrons. The third-order valence-electron chi connectivity index (χ3n) is 3.64. The maximum absolute atomic E-state index is 9.60. The van der Waals surface area contributed by atoms with Crippen molar-refractivity contribution in [1.29, 1.82) is 5.26 Å². The van der Waals surface area contributed by atoms with Gasteiger partial charge in [0.05, 0.1) is 23.7 Å². The first-order valence-electron chi connectivity index (χ1n) is 7.01. The van der Waals surface area contributed by atoms with Gasteiger partial charge in [-0.05, 0) is 36.4 Å². The molecular formula is C18H14BrN3O. The van der Waals surface area contributed by atoms with Crippen molar-refractivity contribution in [2.24, 2.45) is 7.05 Å². The summed E-state index contributed by atoms with van der Waals surface area (Å²) in [5, 5.41) is 9.60. The second kappa shape index (κ2) is 6.27. The lowest BCUT2D eigenvalue weighted by Gasteiger charge is -2.06. The van der Waals surface area contributed by atoms with Gasteiger partial charge in [-0.2, -0.15) is 5.26 Å². The number of nitriles is 1. The molecule has 3 aromatic rings. The highest BCUT2D eigenvalue weighted by Gasteiger charge is 2.13. The Morgan fingerprint density at radius 2 is 2.09 bits per heavy atom. The number of imidazole rings is 1. The van der Waals surface area contributed by atoms with Crippen LogP contribution in [-0.2, 0) is 7.05 Å². The summed E-state index contributed by atoms with van der Waals surface area (Å²) in [5.74, 6) is 1.34. The molecule has 1 aromatic heterocycles. The Balaban J connectivity index is 2.18. The number of rotatable bonds is 3. The van der Waals surface area contributed by atoms with Crippen LogP contribution in [0.1, 0.15) is 11.4 Å². The van der Waals surface area contributed by atoms with E-state index in [9.17, 15) is 5.26 Å². The van der Waals surface area contributed by atoms with Gasteiger partial charge in [-0.1, -0.05) is 28.1 Å². The molecule has 0 bridgehead atoms. The Morgan fingerprint density at radius 3 is 2.78 bits per heavy atom. The minimum absolute atomic E-state index is 0.486. The van der Waals surface area contributed by atoms with Crippen molar-refractivity contribution in [3.8, 4) is 11.8 Å². The maximum Gasteiger partial charge on any atom is 0.151 e.